The highest BCUT2D eigenvalue weighted by molar-refractivity contribution is 5.92. The number of hydrogen-bond acceptors (Lipinski definition) is 4. The number of ether oxygens (including phenoxy) is 1. The van der Waals surface area contributed by atoms with Crippen LogP contribution in [0.15, 0.2) is 42.6 Å². The fourth-order valence-electron chi connectivity index (χ4n) is 2.90. The zero-order chi connectivity index (χ0) is 16.8. The van der Waals surface area contributed by atoms with Crippen LogP contribution >= 0.6 is 0 Å². The largest absolute Gasteiger partial charge is 0.439 e. The average molecular weight is 325 g/mol. The normalized spacial score (nSPS) is 15.2. The van der Waals surface area contributed by atoms with E-state index >= 15 is 0 Å². The molecule has 24 heavy (non-hydrogen) atoms. The van der Waals surface area contributed by atoms with Gasteiger partial charge in [0, 0.05) is 18.8 Å². The van der Waals surface area contributed by atoms with E-state index in [2.05, 4.69) is 22.0 Å². The van der Waals surface area contributed by atoms with Gasteiger partial charge in [0.2, 0.25) is 11.8 Å². The zero-order valence-electron chi connectivity index (χ0n) is 13.8. The van der Waals surface area contributed by atoms with Gasteiger partial charge in [-0.2, -0.15) is 0 Å². The Hall–Kier alpha value is -2.40. The van der Waals surface area contributed by atoms with E-state index in [1.54, 1.807) is 12.1 Å². The van der Waals surface area contributed by atoms with Crippen molar-refractivity contribution in [1.29, 1.82) is 0 Å². The molecule has 2 heterocycles. The predicted octanol–water partition coefficient (Wildman–Crippen LogP) is 3.00. The van der Waals surface area contributed by atoms with Crippen LogP contribution in [0.4, 0.5) is 0 Å². The van der Waals surface area contributed by atoms with Gasteiger partial charge in [0.15, 0.2) is 0 Å². The Morgan fingerprint density at radius 2 is 1.83 bits per heavy atom. The molecule has 126 valence electrons. The number of carbonyl (C=O) groups excluding carboxylic acids is 1. The molecule has 0 saturated carbocycles. The summed E-state index contributed by atoms with van der Waals surface area (Å²) in [6.07, 6.45) is 6.51. The Morgan fingerprint density at radius 1 is 1.08 bits per heavy atom. The number of piperidine rings is 1. The van der Waals surface area contributed by atoms with Crippen molar-refractivity contribution in [1.82, 2.24) is 9.88 Å². The summed E-state index contributed by atoms with van der Waals surface area (Å²) < 4.78 is 5.69. The summed E-state index contributed by atoms with van der Waals surface area (Å²) in [6, 6.07) is 11.3. The van der Waals surface area contributed by atoms with E-state index in [9.17, 15) is 4.79 Å². The van der Waals surface area contributed by atoms with Crippen LogP contribution in [0.1, 0.15) is 35.2 Å². The Bertz CT molecular complexity index is 662. The number of aromatic nitrogens is 1. The number of carbonyl (C=O) groups is 1. The first-order valence-electron chi connectivity index (χ1n) is 8.46. The van der Waals surface area contributed by atoms with E-state index in [1.807, 2.05) is 12.1 Å². The fourth-order valence-corrected chi connectivity index (χ4v) is 2.90. The Morgan fingerprint density at radius 3 is 2.46 bits per heavy atom. The summed E-state index contributed by atoms with van der Waals surface area (Å²) in [4.78, 5) is 17.6. The lowest BCUT2D eigenvalue weighted by atomic mass is 10.1. The van der Waals surface area contributed by atoms with Crippen molar-refractivity contribution in [2.45, 2.75) is 25.7 Å². The average Bonchev–Trinajstić information content (AvgIpc) is 2.62. The molecule has 5 heteroatoms. The van der Waals surface area contributed by atoms with Gasteiger partial charge in [0.05, 0.1) is 5.56 Å². The first kappa shape index (κ1) is 16.5. The first-order valence-corrected chi connectivity index (χ1v) is 8.46. The summed E-state index contributed by atoms with van der Waals surface area (Å²) in [5, 5.41) is 0. The molecule has 5 nitrogen and oxygen atoms in total. The number of benzene rings is 1. The molecule has 1 saturated heterocycles. The highest BCUT2D eigenvalue weighted by Gasteiger charge is 2.09. The maximum Gasteiger partial charge on any atom is 0.250 e. The highest BCUT2D eigenvalue weighted by Crippen LogP contribution is 2.20. The van der Waals surface area contributed by atoms with Crippen molar-refractivity contribution < 1.29 is 9.53 Å². The Labute approximate surface area is 142 Å². The zero-order valence-corrected chi connectivity index (χ0v) is 13.8. The van der Waals surface area contributed by atoms with Crippen LogP contribution in [0.3, 0.4) is 0 Å². The van der Waals surface area contributed by atoms with Gasteiger partial charge in [-0.15, -0.1) is 0 Å². The standard InChI is InChI=1S/C19H23N3O2/c20-19(23)16-6-9-18(21-14-16)24-17-7-4-15(5-8-17)10-13-22-11-2-1-3-12-22/h4-9,14H,1-3,10-13H2,(H2,20,23). The van der Waals surface area contributed by atoms with Gasteiger partial charge >= 0.3 is 0 Å². The molecule has 2 aromatic rings. The third kappa shape index (κ3) is 4.55. The molecule has 1 aromatic carbocycles. The summed E-state index contributed by atoms with van der Waals surface area (Å²) in [5.74, 6) is 0.684. The number of nitrogens with two attached hydrogens (primary N) is 1. The first-order chi connectivity index (χ1) is 11.7. The van der Waals surface area contributed by atoms with Crippen LogP contribution in [0, 0.1) is 0 Å². The van der Waals surface area contributed by atoms with Gasteiger partial charge in [0.1, 0.15) is 5.75 Å². The number of likely N-dealkylation sites (tertiary alicyclic amines) is 1. The number of primary amides is 1. The molecule has 0 spiro atoms. The number of pyridine rings is 1. The molecule has 3 rings (SSSR count). The van der Waals surface area contributed by atoms with Gasteiger partial charge in [-0.05, 0) is 56.1 Å². The second-order valence-corrected chi connectivity index (χ2v) is 6.15. The van der Waals surface area contributed by atoms with Gasteiger partial charge in [0.25, 0.3) is 0 Å². The van der Waals surface area contributed by atoms with E-state index < -0.39 is 5.91 Å². The van der Waals surface area contributed by atoms with Crippen LogP contribution in [-0.2, 0) is 6.42 Å². The van der Waals surface area contributed by atoms with Crippen LogP contribution in [-0.4, -0.2) is 35.4 Å². The van der Waals surface area contributed by atoms with Crippen molar-refractivity contribution in [3.8, 4) is 11.6 Å². The Balaban J connectivity index is 1.53. The second-order valence-electron chi connectivity index (χ2n) is 6.15. The third-order valence-corrected chi connectivity index (χ3v) is 4.33. The fraction of sp³-hybridized carbons (Fsp3) is 0.368. The molecule has 0 atom stereocenters. The molecular formula is C19H23N3O2. The lowest BCUT2D eigenvalue weighted by molar-refractivity contribution is 0.1000. The third-order valence-electron chi connectivity index (χ3n) is 4.33. The monoisotopic (exact) mass is 325 g/mol. The molecule has 1 aliphatic heterocycles. The maximum atomic E-state index is 11.0. The summed E-state index contributed by atoms with van der Waals surface area (Å²) in [5.41, 5.74) is 6.87. The molecule has 1 aromatic heterocycles. The van der Waals surface area contributed by atoms with Crippen LogP contribution in [0.2, 0.25) is 0 Å². The summed E-state index contributed by atoms with van der Waals surface area (Å²) in [6.45, 7) is 3.58. The van der Waals surface area contributed by atoms with Crippen molar-refractivity contribution in [3.63, 3.8) is 0 Å². The minimum absolute atomic E-state index is 0.371. The predicted molar refractivity (Wildman–Crippen MR) is 93.3 cm³/mol. The van der Waals surface area contributed by atoms with E-state index in [0.717, 1.165) is 18.7 Å². The highest BCUT2D eigenvalue weighted by atomic mass is 16.5. The topological polar surface area (TPSA) is 68.5 Å². The van der Waals surface area contributed by atoms with Crippen LogP contribution < -0.4 is 10.5 Å². The quantitative estimate of drug-likeness (QED) is 0.886. The minimum atomic E-state index is -0.493. The van der Waals surface area contributed by atoms with Crippen molar-refractivity contribution >= 4 is 5.91 Å². The van der Waals surface area contributed by atoms with Gasteiger partial charge in [-0.3, -0.25) is 4.79 Å². The summed E-state index contributed by atoms with van der Waals surface area (Å²) >= 11 is 0. The van der Waals surface area contributed by atoms with Crippen molar-refractivity contribution in [2.75, 3.05) is 19.6 Å². The number of amides is 1. The van der Waals surface area contributed by atoms with Crippen molar-refractivity contribution in [2.24, 2.45) is 5.73 Å². The molecule has 0 unspecified atom stereocenters. The van der Waals surface area contributed by atoms with E-state index in [1.165, 1.54) is 44.1 Å². The van der Waals surface area contributed by atoms with E-state index in [0.29, 0.717) is 11.4 Å². The molecule has 0 radical (unpaired) electrons. The summed E-state index contributed by atoms with van der Waals surface area (Å²) in [7, 11) is 0. The van der Waals surface area contributed by atoms with E-state index in [4.69, 9.17) is 10.5 Å². The Kier molecular flexibility index (Phi) is 5.43. The van der Waals surface area contributed by atoms with Gasteiger partial charge in [-0.25, -0.2) is 4.98 Å². The molecule has 1 aliphatic rings. The van der Waals surface area contributed by atoms with Gasteiger partial charge in [-0.1, -0.05) is 18.6 Å². The van der Waals surface area contributed by atoms with Gasteiger partial charge < -0.3 is 15.4 Å². The number of rotatable bonds is 6. The smallest absolute Gasteiger partial charge is 0.250 e. The maximum absolute atomic E-state index is 11.0. The van der Waals surface area contributed by atoms with Crippen molar-refractivity contribution in [3.05, 3.63) is 53.7 Å². The molecule has 1 amide bonds. The number of nitrogens with zero attached hydrogens (tertiary/aromatic N) is 2. The minimum Gasteiger partial charge on any atom is -0.439 e. The SMILES string of the molecule is NC(=O)c1ccc(Oc2ccc(CCN3CCCCC3)cc2)nc1. The lowest BCUT2D eigenvalue weighted by Gasteiger charge is -2.26. The molecule has 0 bridgehead atoms. The van der Waals surface area contributed by atoms with Crippen LogP contribution in [0.5, 0.6) is 11.6 Å². The molecule has 2 N–H and O–H groups in total. The van der Waals surface area contributed by atoms with E-state index in [-0.39, 0.29) is 0 Å². The molecule has 0 aliphatic carbocycles. The lowest BCUT2D eigenvalue weighted by Crippen LogP contribution is -2.31. The molecule has 1 fully saturated rings. The second kappa shape index (κ2) is 7.93. The van der Waals surface area contributed by atoms with Crippen LogP contribution in [0.25, 0.3) is 0 Å². The number of hydrogen-bond donors (Lipinski definition) is 1. The molecular weight excluding hydrogens is 302 g/mol.